The van der Waals surface area contributed by atoms with E-state index in [1.165, 1.54) is 11.3 Å². The van der Waals surface area contributed by atoms with Crippen LogP contribution in [0.15, 0.2) is 16.0 Å². The van der Waals surface area contributed by atoms with E-state index in [1.807, 2.05) is 11.4 Å². The minimum Gasteiger partial charge on any atom is -0.390 e. The van der Waals surface area contributed by atoms with Crippen LogP contribution in [-0.4, -0.2) is 34.7 Å². The van der Waals surface area contributed by atoms with E-state index in [2.05, 4.69) is 28.9 Å². The second-order valence-corrected chi connectivity index (χ2v) is 4.94. The fraction of sp³-hybridized carbons (Fsp3) is 0.500. The third-order valence-corrected chi connectivity index (χ3v) is 3.69. The van der Waals surface area contributed by atoms with Crippen LogP contribution in [0.2, 0.25) is 0 Å². The van der Waals surface area contributed by atoms with Crippen molar-refractivity contribution in [3.8, 4) is 11.5 Å². The monoisotopic (exact) mass is 266 g/mol. The number of hydrogen-bond acceptors (Lipinski definition) is 6. The topological polar surface area (TPSA) is 68.2 Å². The smallest absolute Gasteiger partial charge is 0.260 e. The maximum atomic E-state index is 5.83. The summed E-state index contributed by atoms with van der Waals surface area (Å²) in [7, 11) is 0. The number of nitrogens with two attached hydrogens (primary N) is 1. The van der Waals surface area contributed by atoms with Crippen LogP contribution >= 0.6 is 11.3 Å². The van der Waals surface area contributed by atoms with Crippen molar-refractivity contribution in [1.82, 2.24) is 15.0 Å². The van der Waals surface area contributed by atoms with Crippen LogP contribution in [0.5, 0.6) is 0 Å². The van der Waals surface area contributed by atoms with Crippen molar-refractivity contribution in [1.29, 1.82) is 0 Å². The molecule has 0 spiro atoms. The first-order chi connectivity index (χ1) is 8.74. The van der Waals surface area contributed by atoms with E-state index in [9.17, 15) is 0 Å². The van der Waals surface area contributed by atoms with Gasteiger partial charge in [0, 0.05) is 13.0 Å². The summed E-state index contributed by atoms with van der Waals surface area (Å²) in [6.07, 6.45) is 0.801. The van der Waals surface area contributed by atoms with Gasteiger partial charge in [0.25, 0.3) is 5.89 Å². The van der Waals surface area contributed by atoms with Gasteiger partial charge < -0.3 is 15.2 Å². The highest BCUT2D eigenvalue weighted by atomic mass is 32.1. The van der Waals surface area contributed by atoms with E-state index in [1.54, 1.807) is 0 Å². The molecule has 0 aliphatic heterocycles. The maximum absolute atomic E-state index is 5.83. The quantitative estimate of drug-likeness (QED) is 0.868. The standard InChI is InChI=1S/C12H18N4OS/c1-3-16(4-2)7-5-10-14-12(17-15-10)9-6-8-18-11(9)13/h6,8H,3-5,7,13H2,1-2H3. The number of hydrogen-bond donors (Lipinski definition) is 1. The van der Waals surface area contributed by atoms with Gasteiger partial charge in [-0.15, -0.1) is 11.3 Å². The van der Waals surface area contributed by atoms with E-state index in [0.29, 0.717) is 10.9 Å². The van der Waals surface area contributed by atoms with Gasteiger partial charge in [0.15, 0.2) is 5.82 Å². The molecule has 0 fully saturated rings. The summed E-state index contributed by atoms with van der Waals surface area (Å²) in [6.45, 7) is 7.33. The Kier molecular flexibility index (Phi) is 4.33. The summed E-state index contributed by atoms with van der Waals surface area (Å²) in [5, 5.41) is 6.63. The van der Waals surface area contributed by atoms with Crippen molar-refractivity contribution in [2.75, 3.05) is 25.4 Å². The first kappa shape index (κ1) is 13.0. The minimum atomic E-state index is 0.517. The number of nitrogens with zero attached hydrogens (tertiary/aromatic N) is 3. The molecule has 0 amide bonds. The Bertz CT molecular complexity index is 490. The van der Waals surface area contributed by atoms with Crippen LogP contribution in [0.4, 0.5) is 5.00 Å². The summed E-state index contributed by atoms with van der Waals surface area (Å²) < 4.78 is 5.24. The van der Waals surface area contributed by atoms with Gasteiger partial charge in [0.1, 0.15) is 0 Å². The van der Waals surface area contributed by atoms with Crippen LogP contribution in [0.25, 0.3) is 11.5 Å². The second-order valence-electron chi connectivity index (χ2n) is 3.99. The average molecular weight is 266 g/mol. The molecule has 2 aromatic rings. The van der Waals surface area contributed by atoms with E-state index < -0.39 is 0 Å². The number of anilines is 1. The lowest BCUT2D eigenvalue weighted by Gasteiger charge is -2.16. The van der Waals surface area contributed by atoms with Crippen molar-refractivity contribution in [2.45, 2.75) is 20.3 Å². The zero-order valence-corrected chi connectivity index (χ0v) is 11.5. The molecule has 0 atom stereocenters. The zero-order chi connectivity index (χ0) is 13.0. The van der Waals surface area contributed by atoms with Gasteiger partial charge >= 0.3 is 0 Å². The van der Waals surface area contributed by atoms with Gasteiger partial charge in [-0.2, -0.15) is 4.98 Å². The number of aromatic nitrogens is 2. The molecule has 0 aliphatic rings. The minimum absolute atomic E-state index is 0.517. The highest BCUT2D eigenvalue weighted by molar-refractivity contribution is 7.14. The molecule has 2 heterocycles. The van der Waals surface area contributed by atoms with Crippen LogP contribution < -0.4 is 5.73 Å². The molecule has 0 aliphatic carbocycles. The van der Waals surface area contributed by atoms with Crippen LogP contribution in [0.3, 0.4) is 0 Å². The third-order valence-electron chi connectivity index (χ3n) is 2.94. The molecular weight excluding hydrogens is 248 g/mol. The Labute approximate surface area is 111 Å². The summed E-state index contributed by atoms with van der Waals surface area (Å²) in [4.78, 5) is 6.70. The lowest BCUT2D eigenvalue weighted by Crippen LogP contribution is -2.25. The molecule has 0 saturated heterocycles. The summed E-state index contributed by atoms with van der Waals surface area (Å²) in [6, 6.07) is 1.90. The Morgan fingerprint density at radius 3 is 2.78 bits per heavy atom. The molecule has 18 heavy (non-hydrogen) atoms. The second kappa shape index (κ2) is 5.97. The third kappa shape index (κ3) is 2.88. The first-order valence-electron chi connectivity index (χ1n) is 6.12. The van der Waals surface area contributed by atoms with Gasteiger partial charge in [-0.05, 0) is 24.5 Å². The molecule has 6 heteroatoms. The Hall–Kier alpha value is -1.40. The SMILES string of the molecule is CCN(CC)CCc1noc(-c2ccsc2N)n1. The zero-order valence-electron chi connectivity index (χ0n) is 10.7. The molecule has 0 bridgehead atoms. The van der Waals surface area contributed by atoms with Crippen LogP contribution in [0, 0.1) is 0 Å². The first-order valence-corrected chi connectivity index (χ1v) is 7.00. The van der Waals surface area contributed by atoms with E-state index in [4.69, 9.17) is 10.3 Å². The van der Waals surface area contributed by atoms with Gasteiger partial charge in [-0.25, -0.2) is 0 Å². The highest BCUT2D eigenvalue weighted by Crippen LogP contribution is 2.28. The molecule has 0 saturated carbocycles. The largest absolute Gasteiger partial charge is 0.390 e. The molecule has 2 rings (SSSR count). The number of nitrogen functional groups attached to an aromatic ring is 1. The molecule has 5 nitrogen and oxygen atoms in total. The van der Waals surface area contributed by atoms with Crippen LogP contribution in [-0.2, 0) is 6.42 Å². The fourth-order valence-electron chi connectivity index (χ4n) is 1.76. The molecule has 0 unspecified atom stereocenters. The lowest BCUT2D eigenvalue weighted by atomic mass is 10.3. The predicted octanol–water partition coefficient (Wildman–Crippen LogP) is 2.26. The number of thiophene rings is 1. The van der Waals surface area contributed by atoms with Crippen molar-refractivity contribution in [3.05, 3.63) is 17.3 Å². The van der Waals surface area contributed by atoms with Gasteiger partial charge in [-0.3, -0.25) is 0 Å². The lowest BCUT2D eigenvalue weighted by molar-refractivity contribution is 0.303. The Balaban J connectivity index is 2.01. The molecule has 2 aromatic heterocycles. The number of likely N-dealkylation sites (N-methyl/N-ethyl adjacent to an activating group) is 1. The molecule has 98 valence electrons. The van der Waals surface area contributed by atoms with E-state index >= 15 is 0 Å². The van der Waals surface area contributed by atoms with Crippen LogP contribution in [0.1, 0.15) is 19.7 Å². The van der Waals surface area contributed by atoms with Crippen molar-refractivity contribution >= 4 is 16.3 Å². The van der Waals surface area contributed by atoms with Gasteiger partial charge in [0.2, 0.25) is 0 Å². The molecule has 2 N–H and O–H groups in total. The van der Waals surface area contributed by atoms with E-state index in [0.717, 1.165) is 37.4 Å². The van der Waals surface area contributed by atoms with E-state index in [-0.39, 0.29) is 0 Å². The molecule has 0 radical (unpaired) electrons. The van der Waals surface area contributed by atoms with Gasteiger partial charge in [-0.1, -0.05) is 19.0 Å². The average Bonchev–Trinajstić information content (AvgIpc) is 2.99. The summed E-state index contributed by atoms with van der Waals surface area (Å²) in [5.74, 6) is 1.26. The van der Waals surface area contributed by atoms with Crippen molar-refractivity contribution in [2.24, 2.45) is 0 Å². The fourth-order valence-corrected chi connectivity index (χ4v) is 2.39. The molecule has 0 aromatic carbocycles. The molecular formula is C12H18N4OS. The number of rotatable bonds is 6. The van der Waals surface area contributed by atoms with Gasteiger partial charge in [0.05, 0.1) is 10.6 Å². The normalized spacial score (nSPS) is 11.3. The Morgan fingerprint density at radius 2 is 2.17 bits per heavy atom. The summed E-state index contributed by atoms with van der Waals surface area (Å²) >= 11 is 1.48. The maximum Gasteiger partial charge on any atom is 0.260 e. The highest BCUT2D eigenvalue weighted by Gasteiger charge is 2.12. The van der Waals surface area contributed by atoms with Crippen molar-refractivity contribution in [3.63, 3.8) is 0 Å². The predicted molar refractivity (Wildman–Crippen MR) is 73.5 cm³/mol. The van der Waals surface area contributed by atoms with Crippen molar-refractivity contribution < 1.29 is 4.52 Å². The summed E-state index contributed by atoms with van der Waals surface area (Å²) in [5.41, 5.74) is 6.66. The Morgan fingerprint density at radius 1 is 1.39 bits per heavy atom.